The van der Waals surface area contributed by atoms with E-state index in [9.17, 15) is 0 Å². The van der Waals surface area contributed by atoms with Gasteiger partial charge in [0.1, 0.15) is 0 Å². The molecule has 0 saturated carbocycles. The summed E-state index contributed by atoms with van der Waals surface area (Å²) in [5, 5.41) is 3.56. The lowest BCUT2D eigenvalue weighted by atomic mass is 10.1. The van der Waals surface area contributed by atoms with Crippen molar-refractivity contribution in [3.05, 3.63) is 18.2 Å². The number of imidazole rings is 1. The fraction of sp³-hybridized carbons (Fsp3) is 0.769. The predicted molar refractivity (Wildman–Crippen MR) is 68.3 cm³/mol. The molecule has 92 valence electrons. The average Bonchev–Trinajstić information content (AvgIpc) is 2.74. The topological polar surface area (TPSA) is 29.9 Å². The molecule has 1 N–H and O–H groups in total. The van der Waals surface area contributed by atoms with Crippen LogP contribution in [0.5, 0.6) is 0 Å². The lowest BCUT2D eigenvalue weighted by Crippen LogP contribution is -2.26. The minimum absolute atomic E-state index is 0.603. The first-order chi connectivity index (χ1) is 7.77. The van der Waals surface area contributed by atoms with Gasteiger partial charge < -0.3 is 9.88 Å². The minimum atomic E-state index is 0.603. The van der Waals surface area contributed by atoms with Crippen molar-refractivity contribution in [2.24, 2.45) is 0 Å². The molecule has 0 aliphatic carbocycles. The van der Waals surface area contributed by atoms with E-state index in [0.717, 1.165) is 13.1 Å². The van der Waals surface area contributed by atoms with Gasteiger partial charge in [-0.15, -0.1) is 0 Å². The highest BCUT2D eigenvalue weighted by Crippen LogP contribution is 2.04. The van der Waals surface area contributed by atoms with Crippen LogP contribution >= 0.6 is 0 Å². The Hall–Kier alpha value is -0.830. The Bertz CT molecular complexity index is 280. The molecule has 1 aromatic rings. The zero-order valence-corrected chi connectivity index (χ0v) is 10.9. The van der Waals surface area contributed by atoms with Crippen LogP contribution in [0.15, 0.2) is 12.5 Å². The zero-order chi connectivity index (χ0) is 11.8. The first kappa shape index (κ1) is 13.2. The number of nitrogens with one attached hydrogen (secondary N) is 1. The van der Waals surface area contributed by atoms with Crippen LogP contribution in [0.3, 0.4) is 0 Å². The third kappa shape index (κ3) is 4.35. The molecule has 0 spiro atoms. The first-order valence-corrected chi connectivity index (χ1v) is 6.50. The van der Waals surface area contributed by atoms with Crippen molar-refractivity contribution in [2.45, 2.75) is 65.6 Å². The molecule has 0 bridgehead atoms. The summed E-state index contributed by atoms with van der Waals surface area (Å²) in [6, 6.07) is 0.603. The number of aromatic nitrogens is 2. The Labute approximate surface area is 99.3 Å². The quantitative estimate of drug-likeness (QED) is 0.687. The average molecular weight is 223 g/mol. The Morgan fingerprint density at radius 2 is 2.19 bits per heavy atom. The number of hydrogen-bond acceptors (Lipinski definition) is 2. The summed E-state index contributed by atoms with van der Waals surface area (Å²) >= 11 is 0. The smallest absolute Gasteiger partial charge is 0.0948 e. The van der Waals surface area contributed by atoms with Gasteiger partial charge in [0, 0.05) is 25.3 Å². The lowest BCUT2D eigenvalue weighted by molar-refractivity contribution is 0.477. The maximum Gasteiger partial charge on any atom is 0.0948 e. The molecule has 1 unspecified atom stereocenters. The van der Waals surface area contributed by atoms with Crippen molar-refractivity contribution >= 4 is 0 Å². The molecule has 1 aromatic heterocycles. The Morgan fingerprint density at radius 1 is 1.38 bits per heavy atom. The van der Waals surface area contributed by atoms with Crippen molar-refractivity contribution in [3.8, 4) is 0 Å². The molecular weight excluding hydrogens is 198 g/mol. The third-order valence-electron chi connectivity index (χ3n) is 3.01. The second-order valence-electron chi connectivity index (χ2n) is 4.45. The molecule has 0 radical (unpaired) electrons. The van der Waals surface area contributed by atoms with Gasteiger partial charge >= 0.3 is 0 Å². The Morgan fingerprint density at radius 3 is 2.88 bits per heavy atom. The molecule has 0 aromatic carbocycles. The maximum atomic E-state index is 4.17. The summed E-state index contributed by atoms with van der Waals surface area (Å²) in [6.45, 7) is 8.60. The van der Waals surface area contributed by atoms with Crippen LogP contribution in [-0.2, 0) is 13.1 Å². The summed E-state index contributed by atoms with van der Waals surface area (Å²) in [5.41, 5.74) is 1.28. The van der Waals surface area contributed by atoms with Crippen LogP contribution in [0.1, 0.15) is 52.1 Å². The number of aryl methyl sites for hydroxylation is 1. The van der Waals surface area contributed by atoms with E-state index >= 15 is 0 Å². The van der Waals surface area contributed by atoms with Gasteiger partial charge in [0.25, 0.3) is 0 Å². The van der Waals surface area contributed by atoms with Gasteiger partial charge in [-0.3, -0.25) is 0 Å². The highest BCUT2D eigenvalue weighted by molar-refractivity contribution is 4.97. The summed E-state index contributed by atoms with van der Waals surface area (Å²) in [4.78, 5) is 4.17. The summed E-state index contributed by atoms with van der Waals surface area (Å²) in [5.74, 6) is 0. The standard InChI is InChI=1S/C13H25N3/c1-4-6-7-8-12(3)15-10-13-9-14-11-16(13)5-2/h9,11-12,15H,4-8,10H2,1-3H3. The molecule has 0 fully saturated rings. The van der Waals surface area contributed by atoms with Gasteiger partial charge in [0.05, 0.1) is 12.0 Å². The molecule has 1 atom stereocenters. The summed E-state index contributed by atoms with van der Waals surface area (Å²) in [7, 11) is 0. The van der Waals surface area contributed by atoms with E-state index in [1.54, 1.807) is 0 Å². The van der Waals surface area contributed by atoms with Crippen LogP contribution in [0.4, 0.5) is 0 Å². The van der Waals surface area contributed by atoms with Gasteiger partial charge in [0.2, 0.25) is 0 Å². The van der Waals surface area contributed by atoms with Gasteiger partial charge in [0.15, 0.2) is 0 Å². The molecule has 1 rings (SSSR count). The van der Waals surface area contributed by atoms with Crippen LogP contribution in [0, 0.1) is 0 Å². The van der Waals surface area contributed by atoms with Crippen LogP contribution < -0.4 is 5.32 Å². The molecule has 1 heterocycles. The van der Waals surface area contributed by atoms with E-state index in [0.29, 0.717) is 6.04 Å². The SMILES string of the molecule is CCCCCC(C)NCc1cncn1CC. The normalized spacial score (nSPS) is 12.9. The van der Waals surface area contributed by atoms with Gasteiger partial charge in [-0.1, -0.05) is 26.2 Å². The zero-order valence-electron chi connectivity index (χ0n) is 10.9. The number of nitrogens with zero attached hydrogens (tertiary/aromatic N) is 2. The van der Waals surface area contributed by atoms with Gasteiger partial charge in [-0.25, -0.2) is 4.98 Å². The molecule has 3 nitrogen and oxygen atoms in total. The second-order valence-corrected chi connectivity index (χ2v) is 4.45. The largest absolute Gasteiger partial charge is 0.334 e. The number of hydrogen-bond donors (Lipinski definition) is 1. The molecule has 16 heavy (non-hydrogen) atoms. The first-order valence-electron chi connectivity index (χ1n) is 6.50. The van der Waals surface area contributed by atoms with Gasteiger partial charge in [-0.2, -0.15) is 0 Å². The van der Waals surface area contributed by atoms with Crippen molar-refractivity contribution in [2.75, 3.05) is 0 Å². The molecule has 0 aliphatic heterocycles. The minimum Gasteiger partial charge on any atom is -0.334 e. The van der Waals surface area contributed by atoms with Crippen molar-refractivity contribution in [1.82, 2.24) is 14.9 Å². The molecule has 0 aliphatic rings. The molecule has 0 amide bonds. The fourth-order valence-electron chi connectivity index (χ4n) is 1.86. The van der Waals surface area contributed by atoms with E-state index in [-0.39, 0.29) is 0 Å². The van der Waals surface area contributed by atoms with E-state index in [2.05, 4.69) is 35.6 Å². The molecule has 3 heteroatoms. The predicted octanol–water partition coefficient (Wildman–Crippen LogP) is 2.96. The maximum absolute atomic E-state index is 4.17. The van der Waals surface area contributed by atoms with Crippen molar-refractivity contribution in [3.63, 3.8) is 0 Å². The monoisotopic (exact) mass is 223 g/mol. The summed E-state index contributed by atoms with van der Waals surface area (Å²) < 4.78 is 2.19. The van der Waals surface area contributed by atoms with Gasteiger partial charge in [-0.05, 0) is 20.3 Å². The Balaban J connectivity index is 2.23. The highest BCUT2D eigenvalue weighted by Gasteiger charge is 2.03. The lowest BCUT2D eigenvalue weighted by Gasteiger charge is -2.14. The number of rotatable bonds is 8. The third-order valence-corrected chi connectivity index (χ3v) is 3.01. The Kier molecular flexibility index (Phi) is 6.16. The van der Waals surface area contributed by atoms with Crippen molar-refractivity contribution < 1.29 is 0 Å². The van der Waals surface area contributed by atoms with Crippen LogP contribution in [0.25, 0.3) is 0 Å². The van der Waals surface area contributed by atoms with Crippen molar-refractivity contribution in [1.29, 1.82) is 0 Å². The van der Waals surface area contributed by atoms with Crippen LogP contribution in [0.2, 0.25) is 0 Å². The molecular formula is C13H25N3. The van der Waals surface area contributed by atoms with E-state index in [1.807, 2.05) is 12.5 Å². The van der Waals surface area contributed by atoms with Crippen LogP contribution in [-0.4, -0.2) is 15.6 Å². The summed E-state index contributed by atoms with van der Waals surface area (Å²) in [6.07, 6.45) is 9.11. The number of unbranched alkanes of at least 4 members (excludes halogenated alkanes) is 2. The fourth-order valence-corrected chi connectivity index (χ4v) is 1.86. The second kappa shape index (κ2) is 7.44. The van der Waals surface area contributed by atoms with E-state index < -0.39 is 0 Å². The van der Waals surface area contributed by atoms with E-state index in [1.165, 1.54) is 31.4 Å². The molecule has 0 saturated heterocycles. The highest BCUT2D eigenvalue weighted by atomic mass is 15.1. The van der Waals surface area contributed by atoms with E-state index in [4.69, 9.17) is 0 Å².